The predicted octanol–water partition coefficient (Wildman–Crippen LogP) is 2.08. The number of fused-ring (bicyclic) bond motifs is 2. The zero-order valence-electron chi connectivity index (χ0n) is 9.83. The summed E-state index contributed by atoms with van der Waals surface area (Å²) in [6.45, 7) is 1.55. The molecule has 0 unspecified atom stereocenters. The van der Waals surface area contributed by atoms with Crippen molar-refractivity contribution in [1.82, 2.24) is 0 Å². The largest absolute Gasteiger partial charge is 0.493 e. The van der Waals surface area contributed by atoms with Crippen molar-refractivity contribution in [3.05, 3.63) is 22.8 Å². The maximum absolute atomic E-state index is 10.8. The van der Waals surface area contributed by atoms with E-state index in [9.17, 15) is 4.79 Å². The molecule has 0 bridgehead atoms. The highest BCUT2D eigenvalue weighted by atomic mass is 16.5. The van der Waals surface area contributed by atoms with Gasteiger partial charge in [0.2, 0.25) is 0 Å². The summed E-state index contributed by atoms with van der Waals surface area (Å²) in [5.74, 6) is 1.92. The van der Waals surface area contributed by atoms with E-state index in [1.807, 2.05) is 0 Å². The molecule has 17 heavy (non-hydrogen) atoms. The molecule has 2 aliphatic rings. The summed E-state index contributed by atoms with van der Waals surface area (Å²) < 4.78 is 11.5. The third kappa shape index (κ3) is 1.79. The van der Waals surface area contributed by atoms with Gasteiger partial charge in [-0.3, -0.25) is 0 Å². The summed E-state index contributed by atoms with van der Waals surface area (Å²) in [6.07, 6.45) is 5.49. The van der Waals surface area contributed by atoms with Gasteiger partial charge in [-0.2, -0.15) is 0 Å². The highest BCUT2D eigenvalue weighted by Gasteiger charge is 2.23. The standard InChI is InChI=1S/C14H16O3/c15-6-5-12-11-4-2-7-16-13(11)9-10-3-1-8-17-14(10)12/h6,9H,1-5,7-8H2. The van der Waals surface area contributed by atoms with Gasteiger partial charge in [-0.05, 0) is 37.3 Å². The normalized spacial score (nSPS) is 17.4. The molecule has 0 fully saturated rings. The molecule has 3 nitrogen and oxygen atoms in total. The van der Waals surface area contributed by atoms with Gasteiger partial charge >= 0.3 is 0 Å². The number of aldehydes is 1. The average Bonchev–Trinajstić information content (AvgIpc) is 2.39. The van der Waals surface area contributed by atoms with Crippen LogP contribution in [0.2, 0.25) is 0 Å². The predicted molar refractivity (Wildman–Crippen MR) is 63.8 cm³/mol. The number of aryl methyl sites for hydroxylation is 1. The average molecular weight is 232 g/mol. The second-order valence-electron chi connectivity index (χ2n) is 4.59. The van der Waals surface area contributed by atoms with Gasteiger partial charge in [0.05, 0.1) is 13.2 Å². The van der Waals surface area contributed by atoms with Gasteiger partial charge in [0.15, 0.2) is 0 Å². The van der Waals surface area contributed by atoms with Gasteiger partial charge in [-0.1, -0.05) is 0 Å². The van der Waals surface area contributed by atoms with Crippen LogP contribution in [0.25, 0.3) is 0 Å². The Kier molecular flexibility index (Phi) is 2.75. The third-order valence-electron chi connectivity index (χ3n) is 3.49. The number of carbonyl (C=O) groups is 1. The molecule has 0 saturated heterocycles. The number of hydrogen-bond acceptors (Lipinski definition) is 3. The van der Waals surface area contributed by atoms with Crippen molar-refractivity contribution >= 4 is 6.29 Å². The number of benzene rings is 1. The lowest BCUT2D eigenvalue weighted by Gasteiger charge is -2.26. The summed E-state index contributed by atoms with van der Waals surface area (Å²) in [6, 6.07) is 2.11. The Labute approximate surface area is 101 Å². The lowest BCUT2D eigenvalue weighted by atomic mass is 9.92. The van der Waals surface area contributed by atoms with Crippen LogP contribution < -0.4 is 9.47 Å². The van der Waals surface area contributed by atoms with Gasteiger partial charge in [0.25, 0.3) is 0 Å². The number of hydrogen-bond donors (Lipinski definition) is 0. The van der Waals surface area contributed by atoms with Crippen LogP contribution in [0.15, 0.2) is 6.07 Å². The fourth-order valence-corrected chi connectivity index (χ4v) is 2.73. The molecule has 2 aliphatic heterocycles. The highest BCUT2D eigenvalue weighted by Crippen LogP contribution is 2.39. The van der Waals surface area contributed by atoms with Crippen molar-refractivity contribution < 1.29 is 14.3 Å². The van der Waals surface area contributed by atoms with Crippen molar-refractivity contribution in [3.63, 3.8) is 0 Å². The van der Waals surface area contributed by atoms with Crippen LogP contribution in [-0.4, -0.2) is 19.5 Å². The minimum Gasteiger partial charge on any atom is -0.493 e. The van der Waals surface area contributed by atoms with E-state index >= 15 is 0 Å². The maximum Gasteiger partial charge on any atom is 0.126 e. The van der Waals surface area contributed by atoms with Gasteiger partial charge in [-0.25, -0.2) is 0 Å². The van der Waals surface area contributed by atoms with E-state index < -0.39 is 0 Å². The van der Waals surface area contributed by atoms with Crippen LogP contribution in [0.5, 0.6) is 11.5 Å². The molecule has 0 spiro atoms. The molecule has 0 N–H and O–H groups in total. The Hall–Kier alpha value is -1.51. The molecular weight excluding hydrogens is 216 g/mol. The van der Waals surface area contributed by atoms with Crippen molar-refractivity contribution in [2.24, 2.45) is 0 Å². The molecule has 3 heteroatoms. The molecule has 0 aromatic heterocycles. The first kappa shape index (κ1) is 10.6. The van der Waals surface area contributed by atoms with Crippen LogP contribution in [-0.2, 0) is 24.1 Å². The number of ether oxygens (including phenoxy) is 2. The van der Waals surface area contributed by atoms with Crippen molar-refractivity contribution in [2.45, 2.75) is 32.1 Å². The van der Waals surface area contributed by atoms with Crippen LogP contribution >= 0.6 is 0 Å². The van der Waals surface area contributed by atoms with Gasteiger partial charge in [-0.15, -0.1) is 0 Å². The second-order valence-corrected chi connectivity index (χ2v) is 4.59. The smallest absolute Gasteiger partial charge is 0.126 e. The highest BCUT2D eigenvalue weighted by molar-refractivity contribution is 5.64. The Balaban J connectivity index is 2.15. The third-order valence-corrected chi connectivity index (χ3v) is 3.49. The topological polar surface area (TPSA) is 35.5 Å². The van der Waals surface area contributed by atoms with E-state index in [0.29, 0.717) is 6.42 Å². The Morgan fingerprint density at radius 1 is 1.18 bits per heavy atom. The second kappa shape index (κ2) is 4.40. The summed E-state index contributed by atoms with van der Waals surface area (Å²) in [5, 5.41) is 0. The Morgan fingerprint density at radius 3 is 2.88 bits per heavy atom. The van der Waals surface area contributed by atoms with E-state index in [1.165, 1.54) is 11.1 Å². The van der Waals surface area contributed by atoms with Crippen LogP contribution in [0, 0.1) is 0 Å². The molecule has 0 amide bonds. The van der Waals surface area contributed by atoms with Crippen LogP contribution in [0.1, 0.15) is 29.5 Å². The molecule has 0 atom stereocenters. The molecule has 0 saturated carbocycles. The lowest BCUT2D eigenvalue weighted by molar-refractivity contribution is -0.107. The molecule has 1 aromatic carbocycles. The minimum atomic E-state index is 0.439. The monoisotopic (exact) mass is 232 g/mol. The Bertz CT molecular complexity index is 417. The fraction of sp³-hybridized carbons (Fsp3) is 0.500. The SMILES string of the molecule is O=CCc1c2c(cc3c1OCCC3)OCCC2. The van der Waals surface area contributed by atoms with Crippen molar-refractivity contribution in [2.75, 3.05) is 13.2 Å². The quantitative estimate of drug-likeness (QED) is 0.732. The summed E-state index contributed by atoms with van der Waals surface area (Å²) in [5.41, 5.74) is 3.45. The van der Waals surface area contributed by atoms with Crippen LogP contribution in [0.4, 0.5) is 0 Å². The molecule has 3 rings (SSSR count). The minimum absolute atomic E-state index is 0.439. The first-order valence-corrected chi connectivity index (χ1v) is 6.27. The van der Waals surface area contributed by atoms with Crippen LogP contribution in [0.3, 0.4) is 0 Å². The summed E-state index contributed by atoms with van der Waals surface area (Å²) in [4.78, 5) is 10.8. The van der Waals surface area contributed by atoms with E-state index in [4.69, 9.17) is 9.47 Å². The van der Waals surface area contributed by atoms with Gasteiger partial charge in [0.1, 0.15) is 17.8 Å². The van der Waals surface area contributed by atoms with Gasteiger partial charge < -0.3 is 14.3 Å². The van der Waals surface area contributed by atoms with E-state index in [1.54, 1.807) is 0 Å². The summed E-state index contributed by atoms with van der Waals surface area (Å²) in [7, 11) is 0. The maximum atomic E-state index is 10.8. The zero-order chi connectivity index (χ0) is 11.7. The molecule has 1 aromatic rings. The molecule has 0 aliphatic carbocycles. The van der Waals surface area contributed by atoms with Crippen molar-refractivity contribution in [3.8, 4) is 11.5 Å². The van der Waals surface area contributed by atoms with Gasteiger partial charge in [0, 0.05) is 17.5 Å². The number of carbonyl (C=O) groups excluding carboxylic acids is 1. The molecule has 0 radical (unpaired) electrons. The molecule has 2 heterocycles. The lowest BCUT2D eigenvalue weighted by Crippen LogP contribution is -2.17. The molecular formula is C14H16O3. The molecule has 90 valence electrons. The van der Waals surface area contributed by atoms with E-state index in [0.717, 1.165) is 62.2 Å². The van der Waals surface area contributed by atoms with Crippen molar-refractivity contribution in [1.29, 1.82) is 0 Å². The fourth-order valence-electron chi connectivity index (χ4n) is 2.73. The zero-order valence-corrected chi connectivity index (χ0v) is 9.83. The van der Waals surface area contributed by atoms with E-state index in [2.05, 4.69) is 6.07 Å². The first-order valence-electron chi connectivity index (χ1n) is 6.27. The first-order chi connectivity index (χ1) is 8.40. The Morgan fingerprint density at radius 2 is 2.00 bits per heavy atom. The summed E-state index contributed by atoms with van der Waals surface area (Å²) >= 11 is 0. The number of rotatable bonds is 2. The van der Waals surface area contributed by atoms with E-state index in [-0.39, 0.29) is 0 Å².